The zero-order chi connectivity index (χ0) is 16.7. The van der Waals surface area contributed by atoms with Gasteiger partial charge in [0, 0.05) is 23.6 Å². The third kappa shape index (κ3) is 5.13. The molecule has 0 aliphatic rings. The number of nitriles is 1. The summed E-state index contributed by atoms with van der Waals surface area (Å²) in [6.45, 7) is 0.394. The van der Waals surface area contributed by atoms with E-state index in [0.717, 1.165) is 10.5 Å². The molecule has 2 rings (SSSR count). The van der Waals surface area contributed by atoms with Crippen molar-refractivity contribution in [2.24, 2.45) is 0 Å². The fourth-order valence-electron chi connectivity index (χ4n) is 1.76. The average Bonchev–Trinajstić information content (AvgIpc) is 2.59. The van der Waals surface area contributed by atoms with Crippen molar-refractivity contribution in [2.45, 2.75) is 11.4 Å². The fraction of sp³-hybridized carbons (Fsp3) is 0.125. The van der Waals surface area contributed by atoms with E-state index in [1.165, 1.54) is 23.9 Å². The van der Waals surface area contributed by atoms with Gasteiger partial charge in [0.2, 0.25) is 5.91 Å². The molecule has 0 saturated heterocycles. The van der Waals surface area contributed by atoms with Crippen molar-refractivity contribution in [1.82, 2.24) is 5.32 Å². The third-order valence-electron chi connectivity index (χ3n) is 2.99. The lowest BCUT2D eigenvalue weighted by atomic mass is 10.1. The number of nitrogens with zero attached hydrogens (tertiary/aromatic N) is 2. The van der Waals surface area contributed by atoms with E-state index in [-0.39, 0.29) is 17.3 Å². The van der Waals surface area contributed by atoms with Crippen LogP contribution < -0.4 is 5.32 Å². The Morgan fingerprint density at radius 2 is 1.83 bits per heavy atom. The third-order valence-corrected chi connectivity index (χ3v) is 4.00. The van der Waals surface area contributed by atoms with Crippen LogP contribution in [0.5, 0.6) is 0 Å². The van der Waals surface area contributed by atoms with Crippen LogP contribution in [0, 0.1) is 21.4 Å². The van der Waals surface area contributed by atoms with Crippen molar-refractivity contribution in [3.05, 3.63) is 69.8 Å². The van der Waals surface area contributed by atoms with Gasteiger partial charge in [0.15, 0.2) is 0 Å². The van der Waals surface area contributed by atoms with Crippen LogP contribution in [0.25, 0.3) is 0 Å². The Balaban J connectivity index is 1.78. The van der Waals surface area contributed by atoms with Gasteiger partial charge in [0.25, 0.3) is 5.69 Å². The fourth-order valence-corrected chi connectivity index (χ4v) is 2.49. The highest BCUT2D eigenvalue weighted by atomic mass is 32.2. The van der Waals surface area contributed by atoms with Gasteiger partial charge in [-0.3, -0.25) is 14.9 Å². The summed E-state index contributed by atoms with van der Waals surface area (Å²) >= 11 is 1.31. The van der Waals surface area contributed by atoms with Gasteiger partial charge in [-0.1, -0.05) is 12.1 Å². The van der Waals surface area contributed by atoms with E-state index in [0.29, 0.717) is 12.1 Å². The van der Waals surface area contributed by atoms with Crippen LogP contribution in [-0.4, -0.2) is 16.6 Å². The summed E-state index contributed by atoms with van der Waals surface area (Å²) in [6.07, 6.45) is 0. The average molecular weight is 327 g/mol. The molecular formula is C16H13N3O3S. The minimum atomic E-state index is -0.460. The summed E-state index contributed by atoms with van der Waals surface area (Å²) in [6, 6.07) is 15.1. The molecule has 2 aromatic rings. The molecule has 0 aliphatic carbocycles. The lowest BCUT2D eigenvalue weighted by Gasteiger charge is -2.05. The molecule has 0 aromatic heterocycles. The molecule has 23 heavy (non-hydrogen) atoms. The standard InChI is InChI=1S/C16H13N3O3S/c17-9-12-1-3-13(4-2-12)10-18-16(20)11-23-15-7-5-14(6-8-15)19(21)22/h1-8H,10-11H2,(H,18,20). The first-order chi connectivity index (χ1) is 11.1. The van der Waals surface area contributed by atoms with Crippen molar-refractivity contribution < 1.29 is 9.72 Å². The minimum Gasteiger partial charge on any atom is -0.351 e. The molecule has 0 radical (unpaired) electrons. The molecule has 0 fully saturated rings. The summed E-state index contributed by atoms with van der Waals surface area (Å²) in [4.78, 5) is 22.7. The minimum absolute atomic E-state index is 0.0274. The molecule has 0 saturated carbocycles. The van der Waals surface area contributed by atoms with E-state index in [2.05, 4.69) is 5.32 Å². The summed E-state index contributed by atoms with van der Waals surface area (Å²) in [7, 11) is 0. The number of hydrogen-bond donors (Lipinski definition) is 1. The Morgan fingerprint density at radius 3 is 2.39 bits per heavy atom. The normalized spacial score (nSPS) is 9.87. The van der Waals surface area contributed by atoms with Gasteiger partial charge in [-0.25, -0.2) is 0 Å². The van der Waals surface area contributed by atoms with Crippen molar-refractivity contribution in [1.29, 1.82) is 5.26 Å². The molecule has 6 nitrogen and oxygen atoms in total. The van der Waals surface area contributed by atoms with Crippen LogP contribution in [-0.2, 0) is 11.3 Å². The van der Waals surface area contributed by atoms with E-state index in [1.54, 1.807) is 36.4 Å². The summed E-state index contributed by atoms with van der Waals surface area (Å²) < 4.78 is 0. The summed E-state index contributed by atoms with van der Waals surface area (Å²) in [5, 5.41) is 22.1. The first-order valence-electron chi connectivity index (χ1n) is 6.71. The molecule has 0 atom stereocenters. The number of nitrogens with one attached hydrogen (secondary N) is 1. The molecule has 0 unspecified atom stereocenters. The smallest absolute Gasteiger partial charge is 0.269 e. The van der Waals surface area contributed by atoms with E-state index >= 15 is 0 Å². The van der Waals surface area contributed by atoms with Gasteiger partial charge in [-0.15, -0.1) is 11.8 Å². The number of hydrogen-bond acceptors (Lipinski definition) is 5. The quantitative estimate of drug-likeness (QED) is 0.500. The molecule has 7 heteroatoms. The summed E-state index contributed by atoms with van der Waals surface area (Å²) in [5.41, 5.74) is 1.52. The lowest BCUT2D eigenvalue weighted by molar-refractivity contribution is -0.384. The monoisotopic (exact) mass is 327 g/mol. The zero-order valence-corrected chi connectivity index (χ0v) is 12.9. The van der Waals surface area contributed by atoms with Crippen molar-refractivity contribution >= 4 is 23.4 Å². The van der Waals surface area contributed by atoms with Crippen LogP contribution >= 0.6 is 11.8 Å². The highest BCUT2D eigenvalue weighted by molar-refractivity contribution is 8.00. The zero-order valence-electron chi connectivity index (χ0n) is 12.1. The topological polar surface area (TPSA) is 96.0 Å². The Kier molecular flexibility index (Phi) is 5.72. The number of rotatable bonds is 6. The van der Waals surface area contributed by atoms with Crippen molar-refractivity contribution in [2.75, 3.05) is 5.75 Å². The molecule has 1 amide bonds. The highest BCUT2D eigenvalue weighted by Gasteiger charge is 2.06. The maximum absolute atomic E-state index is 11.8. The van der Waals surface area contributed by atoms with Crippen LogP contribution in [0.1, 0.15) is 11.1 Å². The number of nitro benzene ring substituents is 1. The largest absolute Gasteiger partial charge is 0.351 e. The first-order valence-corrected chi connectivity index (χ1v) is 7.70. The van der Waals surface area contributed by atoms with Gasteiger partial charge in [-0.05, 0) is 29.8 Å². The Labute approximate surface area is 137 Å². The number of non-ortho nitro benzene ring substituents is 1. The number of carbonyl (C=O) groups is 1. The Morgan fingerprint density at radius 1 is 1.17 bits per heavy atom. The van der Waals surface area contributed by atoms with E-state index in [1.807, 2.05) is 6.07 Å². The van der Waals surface area contributed by atoms with E-state index in [4.69, 9.17) is 5.26 Å². The second kappa shape index (κ2) is 7.96. The number of amides is 1. The van der Waals surface area contributed by atoms with Crippen LogP contribution in [0.3, 0.4) is 0 Å². The molecule has 0 bridgehead atoms. The number of thioether (sulfide) groups is 1. The van der Waals surface area contributed by atoms with Gasteiger partial charge in [0.05, 0.1) is 22.3 Å². The maximum Gasteiger partial charge on any atom is 0.269 e. The number of carbonyl (C=O) groups excluding carboxylic acids is 1. The summed E-state index contributed by atoms with van der Waals surface area (Å²) in [5.74, 6) is 0.103. The molecule has 0 heterocycles. The lowest BCUT2D eigenvalue weighted by Crippen LogP contribution is -2.24. The van der Waals surface area contributed by atoms with Crippen molar-refractivity contribution in [3.8, 4) is 6.07 Å². The van der Waals surface area contributed by atoms with Gasteiger partial charge in [-0.2, -0.15) is 5.26 Å². The molecule has 1 N–H and O–H groups in total. The maximum atomic E-state index is 11.8. The van der Waals surface area contributed by atoms with Crippen LogP contribution in [0.2, 0.25) is 0 Å². The number of nitro groups is 1. The second-order valence-corrected chi connectivity index (χ2v) is 5.67. The molecule has 0 spiro atoms. The molecular weight excluding hydrogens is 314 g/mol. The van der Waals surface area contributed by atoms with Crippen LogP contribution in [0.4, 0.5) is 5.69 Å². The van der Waals surface area contributed by atoms with Gasteiger partial charge < -0.3 is 5.32 Å². The van der Waals surface area contributed by atoms with Crippen LogP contribution in [0.15, 0.2) is 53.4 Å². The van der Waals surface area contributed by atoms with Crippen molar-refractivity contribution in [3.63, 3.8) is 0 Å². The molecule has 116 valence electrons. The SMILES string of the molecule is N#Cc1ccc(CNC(=O)CSc2ccc([N+](=O)[O-])cc2)cc1. The van der Waals surface area contributed by atoms with E-state index in [9.17, 15) is 14.9 Å². The molecule has 0 aliphatic heterocycles. The predicted octanol–water partition coefficient (Wildman–Crippen LogP) is 2.87. The van der Waals surface area contributed by atoms with Gasteiger partial charge >= 0.3 is 0 Å². The predicted molar refractivity (Wildman–Crippen MR) is 86.8 cm³/mol. The van der Waals surface area contributed by atoms with Gasteiger partial charge in [0.1, 0.15) is 0 Å². The first kappa shape index (κ1) is 16.5. The van der Waals surface area contributed by atoms with E-state index < -0.39 is 4.92 Å². The second-order valence-electron chi connectivity index (χ2n) is 4.63. The Hall–Kier alpha value is -2.85. The molecule has 2 aromatic carbocycles. The highest BCUT2D eigenvalue weighted by Crippen LogP contribution is 2.21. The number of benzene rings is 2. The Bertz CT molecular complexity index is 737.